The number of nitrogens with one attached hydrogen (secondary N) is 1. The molecule has 142 valence electrons. The highest BCUT2D eigenvalue weighted by molar-refractivity contribution is 8.00. The van der Waals surface area contributed by atoms with Gasteiger partial charge in [0.1, 0.15) is 11.3 Å². The molecule has 0 radical (unpaired) electrons. The lowest BCUT2D eigenvalue weighted by Gasteiger charge is -2.11. The van der Waals surface area contributed by atoms with Gasteiger partial charge in [-0.05, 0) is 31.2 Å². The molecule has 0 atom stereocenters. The lowest BCUT2D eigenvalue weighted by atomic mass is 10.1. The summed E-state index contributed by atoms with van der Waals surface area (Å²) in [7, 11) is 1.45. The number of rotatable bonds is 8. The molecule has 2 aromatic rings. The number of methoxy groups -OCH3 is 1. The summed E-state index contributed by atoms with van der Waals surface area (Å²) in [6.07, 6.45) is 0. The number of aryl methyl sites for hydroxylation is 1. The number of anilines is 1. The fraction of sp³-hybridized carbons (Fsp3) is 0.211. The van der Waals surface area contributed by atoms with Crippen LogP contribution >= 0.6 is 11.8 Å². The fourth-order valence-corrected chi connectivity index (χ4v) is 2.97. The molecule has 0 aliphatic heterocycles. The number of para-hydroxylation sites is 1. The molecule has 7 nitrogen and oxygen atoms in total. The van der Waals surface area contributed by atoms with Crippen LogP contribution in [0.2, 0.25) is 0 Å². The summed E-state index contributed by atoms with van der Waals surface area (Å²) < 4.78 is 10.2. The fourth-order valence-electron chi connectivity index (χ4n) is 2.22. The van der Waals surface area contributed by atoms with Gasteiger partial charge in [-0.2, -0.15) is 0 Å². The Labute approximate surface area is 161 Å². The third-order valence-corrected chi connectivity index (χ3v) is 4.54. The van der Waals surface area contributed by atoms with Crippen molar-refractivity contribution in [2.24, 2.45) is 5.73 Å². The molecule has 0 heterocycles. The smallest absolute Gasteiger partial charge is 0.342 e. The van der Waals surface area contributed by atoms with E-state index >= 15 is 0 Å². The summed E-state index contributed by atoms with van der Waals surface area (Å²) in [6.45, 7) is 1.38. The number of hydrogen-bond acceptors (Lipinski definition) is 6. The van der Waals surface area contributed by atoms with Crippen molar-refractivity contribution < 1.29 is 23.9 Å². The second-order valence-electron chi connectivity index (χ2n) is 5.58. The minimum atomic E-state index is -0.651. The van der Waals surface area contributed by atoms with E-state index in [1.165, 1.54) is 18.9 Å². The van der Waals surface area contributed by atoms with Gasteiger partial charge in [0.2, 0.25) is 5.91 Å². The molecule has 27 heavy (non-hydrogen) atoms. The number of esters is 1. The van der Waals surface area contributed by atoms with Crippen molar-refractivity contribution in [1.29, 1.82) is 0 Å². The molecule has 0 unspecified atom stereocenters. The maximum atomic E-state index is 12.2. The van der Waals surface area contributed by atoms with Crippen molar-refractivity contribution in [3.05, 3.63) is 53.6 Å². The summed E-state index contributed by atoms with van der Waals surface area (Å²) in [5.74, 6) is -1.14. The van der Waals surface area contributed by atoms with E-state index in [9.17, 15) is 14.4 Å². The van der Waals surface area contributed by atoms with Gasteiger partial charge in [-0.15, -0.1) is 11.8 Å². The number of hydrogen-bond donors (Lipinski definition) is 2. The average Bonchev–Trinajstić information content (AvgIpc) is 2.65. The normalized spacial score (nSPS) is 10.1. The quantitative estimate of drug-likeness (QED) is 0.531. The van der Waals surface area contributed by atoms with E-state index in [0.29, 0.717) is 16.3 Å². The largest absolute Gasteiger partial charge is 0.496 e. The standard InChI is InChI=1S/C19H20N2O5S/c1-12-7-8-15(25-2)13(9-12)19(24)26-10-18(23)21-14-5-3-4-6-16(14)27-11-17(20)22/h3-9H,10-11H2,1-2H3,(H2,20,22)(H,21,23). The lowest BCUT2D eigenvalue weighted by Crippen LogP contribution is -2.21. The van der Waals surface area contributed by atoms with Crippen molar-refractivity contribution in [2.45, 2.75) is 11.8 Å². The van der Waals surface area contributed by atoms with Gasteiger partial charge in [-0.1, -0.05) is 23.8 Å². The molecule has 0 saturated carbocycles. The average molecular weight is 388 g/mol. The first-order valence-electron chi connectivity index (χ1n) is 8.02. The van der Waals surface area contributed by atoms with Crippen molar-refractivity contribution in [3.8, 4) is 5.75 Å². The molecule has 0 aromatic heterocycles. The van der Waals surface area contributed by atoms with Crippen LogP contribution in [0.25, 0.3) is 0 Å². The second-order valence-corrected chi connectivity index (χ2v) is 6.60. The highest BCUT2D eigenvalue weighted by atomic mass is 32.2. The predicted octanol–water partition coefficient (Wildman–Crippen LogP) is 2.38. The van der Waals surface area contributed by atoms with Gasteiger partial charge in [0.15, 0.2) is 6.61 Å². The molecule has 8 heteroatoms. The van der Waals surface area contributed by atoms with Crippen LogP contribution < -0.4 is 15.8 Å². The number of carbonyl (C=O) groups excluding carboxylic acids is 3. The molecular formula is C19H20N2O5S. The minimum Gasteiger partial charge on any atom is -0.496 e. The van der Waals surface area contributed by atoms with Gasteiger partial charge < -0.3 is 20.5 Å². The minimum absolute atomic E-state index is 0.0923. The summed E-state index contributed by atoms with van der Waals surface area (Å²) in [6, 6.07) is 12.1. The number of carbonyl (C=O) groups is 3. The molecule has 0 aliphatic carbocycles. The molecule has 2 aromatic carbocycles. The second kappa shape index (κ2) is 9.63. The van der Waals surface area contributed by atoms with Crippen molar-refractivity contribution >= 4 is 35.2 Å². The number of primary amides is 1. The van der Waals surface area contributed by atoms with Crippen LogP contribution in [0.3, 0.4) is 0 Å². The zero-order valence-corrected chi connectivity index (χ0v) is 15.8. The Morgan fingerprint density at radius 1 is 1.15 bits per heavy atom. The Morgan fingerprint density at radius 3 is 2.59 bits per heavy atom. The number of nitrogens with two attached hydrogens (primary N) is 1. The number of ether oxygens (including phenoxy) is 2. The van der Waals surface area contributed by atoms with Crippen molar-refractivity contribution in [2.75, 3.05) is 24.8 Å². The molecule has 2 rings (SSSR count). The molecule has 0 aliphatic rings. The number of thioether (sulfide) groups is 1. The Morgan fingerprint density at radius 2 is 1.89 bits per heavy atom. The van der Waals surface area contributed by atoms with Gasteiger partial charge in [0.05, 0.1) is 18.6 Å². The van der Waals surface area contributed by atoms with E-state index in [2.05, 4.69) is 5.32 Å². The Bertz CT molecular complexity index is 854. The zero-order valence-electron chi connectivity index (χ0n) is 15.0. The van der Waals surface area contributed by atoms with Gasteiger partial charge in [0.25, 0.3) is 5.91 Å². The first kappa shape index (κ1) is 20.3. The molecule has 0 fully saturated rings. The van der Waals surface area contributed by atoms with Crippen LogP contribution in [-0.2, 0) is 14.3 Å². The Hall–Kier alpha value is -3.00. The predicted molar refractivity (Wildman–Crippen MR) is 103 cm³/mol. The lowest BCUT2D eigenvalue weighted by molar-refractivity contribution is -0.119. The van der Waals surface area contributed by atoms with E-state index < -0.39 is 24.4 Å². The van der Waals surface area contributed by atoms with Crippen molar-refractivity contribution in [3.63, 3.8) is 0 Å². The molecule has 0 saturated heterocycles. The van der Waals surface area contributed by atoms with Crippen LogP contribution in [0, 0.1) is 6.92 Å². The summed E-state index contributed by atoms with van der Waals surface area (Å²) in [5, 5.41) is 2.66. The van der Waals surface area contributed by atoms with Crippen LogP contribution in [0.15, 0.2) is 47.4 Å². The number of benzene rings is 2. The maximum Gasteiger partial charge on any atom is 0.342 e. The van der Waals surface area contributed by atoms with E-state index in [4.69, 9.17) is 15.2 Å². The number of amides is 2. The summed E-state index contributed by atoms with van der Waals surface area (Å²) in [4.78, 5) is 36.0. The van der Waals surface area contributed by atoms with Crippen LogP contribution in [0.4, 0.5) is 5.69 Å². The van der Waals surface area contributed by atoms with Gasteiger partial charge in [0, 0.05) is 4.90 Å². The maximum absolute atomic E-state index is 12.2. The first-order chi connectivity index (χ1) is 12.9. The first-order valence-corrected chi connectivity index (χ1v) is 9.01. The zero-order chi connectivity index (χ0) is 19.8. The topological polar surface area (TPSA) is 108 Å². The van der Waals surface area contributed by atoms with Crippen LogP contribution in [0.5, 0.6) is 5.75 Å². The SMILES string of the molecule is COc1ccc(C)cc1C(=O)OCC(=O)Nc1ccccc1SCC(N)=O. The molecule has 0 bridgehead atoms. The Kier molecular flexibility index (Phi) is 7.25. The van der Waals surface area contributed by atoms with Gasteiger partial charge in [-0.25, -0.2) is 4.79 Å². The van der Waals surface area contributed by atoms with Gasteiger partial charge >= 0.3 is 5.97 Å². The highest BCUT2D eigenvalue weighted by Crippen LogP contribution is 2.26. The van der Waals surface area contributed by atoms with E-state index in [1.807, 2.05) is 13.0 Å². The molecule has 2 amide bonds. The molecular weight excluding hydrogens is 368 g/mol. The highest BCUT2D eigenvalue weighted by Gasteiger charge is 2.16. The van der Waals surface area contributed by atoms with E-state index in [1.54, 1.807) is 36.4 Å². The third-order valence-electron chi connectivity index (χ3n) is 3.44. The van der Waals surface area contributed by atoms with Gasteiger partial charge in [-0.3, -0.25) is 9.59 Å². The summed E-state index contributed by atoms with van der Waals surface area (Å²) >= 11 is 1.21. The summed E-state index contributed by atoms with van der Waals surface area (Å²) in [5.41, 5.74) is 6.78. The monoisotopic (exact) mass is 388 g/mol. The Balaban J connectivity index is 1.98. The van der Waals surface area contributed by atoms with Crippen LogP contribution in [-0.4, -0.2) is 37.3 Å². The molecule has 0 spiro atoms. The van der Waals surface area contributed by atoms with E-state index in [0.717, 1.165) is 5.56 Å². The van der Waals surface area contributed by atoms with Crippen molar-refractivity contribution in [1.82, 2.24) is 0 Å². The van der Waals surface area contributed by atoms with Crippen LogP contribution in [0.1, 0.15) is 15.9 Å². The van der Waals surface area contributed by atoms with E-state index in [-0.39, 0.29) is 11.3 Å². The molecule has 3 N–H and O–H groups in total. The third kappa shape index (κ3) is 6.03.